The van der Waals surface area contributed by atoms with E-state index in [0.717, 1.165) is 62.6 Å². The van der Waals surface area contributed by atoms with Crippen LogP contribution in [0.5, 0.6) is 0 Å². The lowest BCUT2D eigenvalue weighted by Gasteiger charge is -2.40. The Bertz CT molecular complexity index is 1380. The van der Waals surface area contributed by atoms with E-state index in [1.165, 1.54) is 273 Å². The zero-order valence-corrected chi connectivity index (χ0v) is 66.4. The minimum atomic E-state index is -0.837. The highest BCUT2D eigenvalue weighted by Crippen LogP contribution is 2.49. The third kappa shape index (κ3) is 51.3. The lowest BCUT2D eigenvalue weighted by molar-refractivity contribution is -0.380. The predicted molar refractivity (Wildman–Crippen MR) is 410 cm³/mol. The van der Waals surface area contributed by atoms with Crippen LogP contribution in [0.3, 0.4) is 0 Å². The van der Waals surface area contributed by atoms with Gasteiger partial charge in [-0.15, -0.1) is 0 Å². The van der Waals surface area contributed by atoms with Crippen LogP contribution in [0.25, 0.3) is 0 Å². The Labute approximate surface area is 584 Å². The highest BCUT2D eigenvalue weighted by Gasteiger charge is 2.36. The average molecular weight is 1410 g/mol. The summed E-state index contributed by atoms with van der Waals surface area (Å²) in [5.41, 5.74) is 0. The molecule has 0 saturated heterocycles. The zero-order chi connectivity index (χ0) is 64.7. The molecule has 1 aliphatic carbocycles. The van der Waals surface area contributed by atoms with Crippen molar-refractivity contribution in [2.45, 2.75) is 364 Å². The lowest BCUT2D eigenvalue weighted by atomic mass is 9.67. The summed E-state index contributed by atoms with van der Waals surface area (Å²) < 4.78 is 48.0. The van der Waals surface area contributed by atoms with E-state index < -0.39 is 11.9 Å². The van der Waals surface area contributed by atoms with Crippen LogP contribution >= 0.6 is 82.5 Å². The molecule has 0 heterocycles. The highest BCUT2D eigenvalue weighted by atomic mass is 33.7. The van der Waals surface area contributed by atoms with Crippen molar-refractivity contribution in [2.75, 3.05) is 75.9 Å². The summed E-state index contributed by atoms with van der Waals surface area (Å²) in [6.07, 6.45) is 57.2. The van der Waals surface area contributed by atoms with Crippen LogP contribution in [-0.4, -0.2) is 94.1 Å². The molecule has 0 radical (unpaired) electrons. The molecule has 0 aliphatic heterocycles. The van der Waals surface area contributed by atoms with Crippen molar-refractivity contribution in [1.82, 2.24) is 0 Å². The molecule has 1 aliphatic rings. The first kappa shape index (κ1) is 89.5. The molecule has 0 bridgehead atoms. The summed E-state index contributed by atoms with van der Waals surface area (Å²) in [6.45, 7) is 26.5. The van der Waals surface area contributed by atoms with Crippen molar-refractivity contribution < 1.29 is 37.9 Å². The molecule has 1 saturated carbocycles. The minimum absolute atomic E-state index is 0.0504. The molecule has 0 N–H and O–H groups in total. The summed E-state index contributed by atoms with van der Waals surface area (Å²) in [6, 6.07) is 0. The summed E-state index contributed by atoms with van der Waals surface area (Å²) in [7, 11) is 16.7. The first-order valence-corrected chi connectivity index (χ1v) is 48.3. The van der Waals surface area contributed by atoms with Gasteiger partial charge >= 0.3 is 0 Å². The number of unbranched alkanes of at least 4 members (excludes halogenated alkanes) is 31. The van der Waals surface area contributed by atoms with Gasteiger partial charge in [-0.3, -0.25) is 0 Å². The molecule has 0 aromatic rings. The quantitative estimate of drug-likeness (QED) is 0.0329. The fourth-order valence-corrected chi connectivity index (χ4v) is 25.9. The highest BCUT2D eigenvalue weighted by molar-refractivity contribution is 9.26. The Hall–Kier alpha value is 2.48. The van der Waals surface area contributed by atoms with E-state index in [2.05, 4.69) is 90.5 Å². The van der Waals surface area contributed by atoms with E-state index in [1.807, 2.05) is 61.2 Å². The molecule has 534 valence electrons. The normalized spacial score (nSPS) is 16.6. The van der Waals surface area contributed by atoms with Gasteiger partial charge in [0.15, 0.2) is 6.29 Å². The Morgan fingerprint density at radius 2 is 0.652 bits per heavy atom. The largest absolute Gasteiger partial charge is 0.353 e. The Kier molecular flexibility index (Phi) is 68.0. The number of rotatable bonds is 73. The van der Waals surface area contributed by atoms with Crippen molar-refractivity contribution in [2.24, 2.45) is 29.6 Å². The monoisotopic (exact) mass is 1410 g/mol. The SMILES string of the molecule is CCCCCCCCC(CC(C)C1CCC(CCSSSSCCCCCCCCCCCCCCCCC(OCC)(OCC)OCC)C(CCSSSSCCCCCCCCCCCCCCCCC(OCC)(OCC)OCC)C1)C(OCC)OCC. The van der Waals surface area contributed by atoms with Gasteiger partial charge in [0.05, 0.1) is 0 Å². The first-order chi connectivity index (χ1) is 43.8. The van der Waals surface area contributed by atoms with E-state index in [0.29, 0.717) is 45.6 Å². The molecule has 0 amide bonds. The van der Waals surface area contributed by atoms with E-state index in [4.69, 9.17) is 37.9 Å². The van der Waals surface area contributed by atoms with Crippen molar-refractivity contribution in [3.8, 4) is 0 Å². The lowest BCUT2D eigenvalue weighted by Crippen LogP contribution is -2.39. The molecule has 1 rings (SSSR count). The maximum Gasteiger partial charge on any atom is 0.282 e. The molecule has 89 heavy (non-hydrogen) atoms. The fourth-order valence-electron chi connectivity index (χ4n) is 13.3. The second-order valence-electron chi connectivity index (χ2n) is 25.4. The Morgan fingerprint density at radius 1 is 0.337 bits per heavy atom. The zero-order valence-electron chi connectivity index (χ0n) is 59.9. The second kappa shape index (κ2) is 67.7. The average Bonchev–Trinajstić information content (AvgIpc) is 3.71. The molecule has 16 heteroatoms. The number of hydrogen-bond acceptors (Lipinski definition) is 16. The molecule has 0 aromatic heterocycles. The van der Waals surface area contributed by atoms with Crippen LogP contribution in [0.2, 0.25) is 0 Å². The van der Waals surface area contributed by atoms with E-state index in [-0.39, 0.29) is 6.29 Å². The maximum absolute atomic E-state index is 6.33. The van der Waals surface area contributed by atoms with Gasteiger partial charge in [0.25, 0.3) is 11.9 Å². The van der Waals surface area contributed by atoms with Gasteiger partial charge in [0, 0.05) is 94.6 Å². The maximum atomic E-state index is 6.33. The van der Waals surface area contributed by atoms with Gasteiger partial charge < -0.3 is 37.9 Å². The molecular formula is C73H146O8S8. The summed E-state index contributed by atoms with van der Waals surface area (Å²) in [4.78, 5) is 0. The molecular weight excluding hydrogens is 1260 g/mol. The smallest absolute Gasteiger partial charge is 0.282 e. The van der Waals surface area contributed by atoms with Crippen molar-refractivity contribution in [1.29, 1.82) is 0 Å². The summed E-state index contributed by atoms with van der Waals surface area (Å²) >= 11 is 0. The Balaban J connectivity index is 2.36. The van der Waals surface area contributed by atoms with Crippen LogP contribution in [-0.2, 0) is 37.9 Å². The second-order valence-corrected chi connectivity index (χ2v) is 37.9. The van der Waals surface area contributed by atoms with Crippen molar-refractivity contribution >= 4 is 82.5 Å². The molecule has 5 atom stereocenters. The standard InChI is InChI=1S/C73H146O8S8/c1-11-20-21-22-43-48-53-70(71(74-12-2)75-13-3)64-66(10)68-55-54-67(56-62-84-88-86-82-60-51-46-41-37-33-29-25-23-27-31-35-39-44-49-58-72(76-14-4,77-15-5)78-16-6)69(65-68)57-63-85-89-87-83-61-52-47-42-38-34-30-26-24-28-32-36-40-45-50-59-73(79-17-7,80-18-8)81-19-9/h66-71H,11-65H2,1-10H3. The van der Waals surface area contributed by atoms with E-state index in [9.17, 15) is 0 Å². The van der Waals surface area contributed by atoms with Gasteiger partial charge in [0.2, 0.25) is 0 Å². The fraction of sp³-hybridized carbons (Fsp3) is 1.00. The molecule has 8 nitrogen and oxygen atoms in total. The first-order valence-electron chi connectivity index (χ1n) is 38.0. The third-order valence-corrected chi connectivity index (χ3v) is 31.3. The van der Waals surface area contributed by atoms with Crippen molar-refractivity contribution in [3.05, 3.63) is 0 Å². The molecule has 0 aromatic carbocycles. The van der Waals surface area contributed by atoms with Crippen LogP contribution in [0.1, 0.15) is 345 Å². The topological polar surface area (TPSA) is 73.8 Å². The van der Waals surface area contributed by atoms with E-state index in [1.54, 1.807) is 0 Å². The van der Waals surface area contributed by atoms with Gasteiger partial charge in [-0.2, -0.15) is 0 Å². The van der Waals surface area contributed by atoms with Gasteiger partial charge in [-0.1, -0.05) is 250 Å². The molecule has 5 unspecified atom stereocenters. The van der Waals surface area contributed by atoms with Gasteiger partial charge in [-0.05, 0) is 189 Å². The van der Waals surface area contributed by atoms with Gasteiger partial charge in [-0.25, -0.2) is 0 Å². The van der Waals surface area contributed by atoms with Crippen LogP contribution in [0, 0.1) is 29.6 Å². The summed E-state index contributed by atoms with van der Waals surface area (Å²) in [5.74, 6) is 7.28. The van der Waals surface area contributed by atoms with Crippen LogP contribution in [0.15, 0.2) is 0 Å². The third-order valence-electron chi connectivity index (χ3n) is 18.1. The predicted octanol–water partition coefficient (Wildman–Crippen LogP) is 27.2. The minimum Gasteiger partial charge on any atom is -0.353 e. The summed E-state index contributed by atoms with van der Waals surface area (Å²) in [5, 5.41) is 0. The van der Waals surface area contributed by atoms with E-state index >= 15 is 0 Å². The van der Waals surface area contributed by atoms with Crippen LogP contribution in [0.4, 0.5) is 0 Å². The number of hydrogen-bond donors (Lipinski definition) is 0. The number of ether oxygens (including phenoxy) is 8. The molecule has 1 fully saturated rings. The molecule has 0 spiro atoms. The van der Waals surface area contributed by atoms with Crippen LogP contribution < -0.4 is 0 Å². The van der Waals surface area contributed by atoms with Gasteiger partial charge in [0.1, 0.15) is 0 Å². The Morgan fingerprint density at radius 3 is 1.00 bits per heavy atom. The van der Waals surface area contributed by atoms with Crippen molar-refractivity contribution in [3.63, 3.8) is 0 Å².